The highest BCUT2D eigenvalue weighted by molar-refractivity contribution is 6.30. The van der Waals surface area contributed by atoms with E-state index in [1.165, 1.54) is 12.1 Å². The summed E-state index contributed by atoms with van der Waals surface area (Å²) in [5.41, 5.74) is 0.473. The van der Waals surface area contributed by atoms with E-state index in [0.29, 0.717) is 11.6 Å². The first-order chi connectivity index (χ1) is 9.97. The number of nitrogens with zero attached hydrogens (tertiary/aromatic N) is 3. The molecule has 0 saturated carbocycles. The molecule has 6 nitrogen and oxygen atoms in total. The molecule has 0 aliphatic heterocycles. The Balaban J connectivity index is 2.27. The Labute approximate surface area is 126 Å². The molecule has 2 rings (SSSR count). The van der Waals surface area contributed by atoms with Gasteiger partial charge in [0.2, 0.25) is 11.9 Å². The predicted octanol–water partition coefficient (Wildman–Crippen LogP) is 3.24. The maximum Gasteiger partial charge on any atom is 0.323 e. The Bertz CT molecular complexity index is 638. The number of aromatic nitrogens is 3. The van der Waals surface area contributed by atoms with Crippen molar-refractivity contribution in [3.8, 4) is 6.01 Å². The second-order valence-electron chi connectivity index (χ2n) is 4.44. The lowest BCUT2D eigenvalue weighted by atomic mass is 10.3. The van der Waals surface area contributed by atoms with Crippen molar-refractivity contribution >= 4 is 29.2 Å². The molecule has 0 fully saturated rings. The third kappa shape index (κ3) is 4.16. The summed E-state index contributed by atoms with van der Waals surface area (Å²) in [7, 11) is 1.68. The molecule has 0 aliphatic carbocycles. The minimum Gasteiger partial charge on any atom is -0.461 e. The molecule has 0 radical (unpaired) electrons. The fourth-order valence-electron chi connectivity index (χ4n) is 1.49. The molecule has 0 aliphatic rings. The average Bonchev–Trinajstić information content (AvgIpc) is 2.42. The van der Waals surface area contributed by atoms with Crippen LogP contribution < -0.4 is 15.4 Å². The normalized spacial score (nSPS) is 10.6. The van der Waals surface area contributed by atoms with Crippen molar-refractivity contribution in [1.29, 1.82) is 0 Å². The summed E-state index contributed by atoms with van der Waals surface area (Å²) in [6.07, 6.45) is -0.0714. The van der Waals surface area contributed by atoms with Gasteiger partial charge < -0.3 is 15.4 Å². The monoisotopic (exact) mass is 311 g/mol. The van der Waals surface area contributed by atoms with Gasteiger partial charge in [-0.05, 0) is 32.0 Å². The fraction of sp³-hybridized carbons (Fsp3) is 0.308. The highest BCUT2D eigenvalue weighted by atomic mass is 35.5. The second kappa shape index (κ2) is 6.53. The van der Waals surface area contributed by atoms with E-state index in [4.69, 9.17) is 16.3 Å². The molecule has 1 heterocycles. The Morgan fingerprint density at radius 3 is 2.52 bits per heavy atom. The van der Waals surface area contributed by atoms with Crippen LogP contribution in [0.25, 0.3) is 0 Å². The maximum atomic E-state index is 13.4. The molecule has 1 aromatic heterocycles. The Hall–Kier alpha value is -2.15. The van der Waals surface area contributed by atoms with E-state index in [1.807, 2.05) is 13.8 Å². The third-order valence-electron chi connectivity index (χ3n) is 2.36. The molecule has 0 atom stereocenters. The molecule has 21 heavy (non-hydrogen) atoms. The van der Waals surface area contributed by atoms with E-state index >= 15 is 0 Å². The minimum atomic E-state index is -0.525. The molecule has 8 heteroatoms. The van der Waals surface area contributed by atoms with Gasteiger partial charge in [0.1, 0.15) is 5.82 Å². The number of nitrogens with one attached hydrogen (secondary N) is 2. The van der Waals surface area contributed by atoms with Gasteiger partial charge in [0.25, 0.3) is 0 Å². The molecule has 2 N–H and O–H groups in total. The van der Waals surface area contributed by atoms with E-state index in [-0.39, 0.29) is 23.1 Å². The van der Waals surface area contributed by atoms with Gasteiger partial charge in [-0.25, -0.2) is 4.39 Å². The molecule has 0 spiro atoms. The molecule has 1 aromatic carbocycles. The van der Waals surface area contributed by atoms with Crippen LogP contribution in [-0.4, -0.2) is 28.1 Å². The van der Waals surface area contributed by atoms with Crippen LogP contribution in [0.2, 0.25) is 5.02 Å². The van der Waals surface area contributed by atoms with E-state index in [0.717, 1.165) is 0 Å². The number of halogens is 2. The molecule has 112 valence electrons. The van der Waals surface area contributed by atoms with Crippen LogP contribution in [0.1, 0.15) is 13.8 Å². The number of ether oxygens (including phenoxy) is 1. The lowest BCUT2D eigenvalue weighted by Gasteiger charge is -2.11. The van der Waals surface area contributed by atoms with Crippen molar-refractivity contribution in [3.05, 3.63) is 29.0 Å². The molecule has 0 unspecified atom stereocenters. The second-order valence-corrected chi connectivity index (χ2v) is 4.84. The third-order valence-corrected chi connectivity index (χ3v) is 2.66. The zero-order chi connectivity index (χ0) is 15.4. The van der Waals surface area contributed by atoms with Crippen LogP contribution in [0, 0.1) is 5.82 Å². The van der Waals surface area contributed by atoms with Crippen molar-refractivity contribution < 1.29 is 9.13 Å². The minimum absolute atomic E-state index is 0.0518. The summed E-state index contributed by atoms with van der Waals surface area (Å²) in [4.78, 5) is 12.3. The summed E-state index contributed by atoms with van der Waals surface area (Å²) in [6, 6.07) is 4.51. The first-order valence-corrected chi connectivity index (χ1v) is 6.68. The summed E-state index contributed by atoms with van der Waals surface area (Å²) >= 11 is 5.64. The van der Waals surface area contributed by atoms with Crippen LogP contribution in [0.4, 0.5) is 22.0 Å². The predicted molar refractivity (Wildman–Crippen MR) is 79.8 cm³/mol. The van der Waals surface area contributed by atoms with Crippen LogP contribution in [0.15, 0.2) is 18.2 Å². The SMILES string of the molecule is CNc1nc(Nc2ccc(Cl)c(F)c2)nc(OC(C)C)n1. The summed E-state index contributed by atoms with van der Waals surface area (Å²) in [5.74, 6) is 0.0625. The maximum absolute atomic E-state index is 13.4. The quantitative estimate of drug-likeness (QED) is 0.883. The number of hydrogen-bond donors (Lipinski definition) is 2. The van der Waals surface area contributed by atoms with Gasteiger partial charge in [-0.1, -0.05) is 11.6 Å². The lowest BCUT2D eigenvalue weighted by molar-refractivity contribution is 0.222. The molecule has 0 saturated heterocycles. The zero-order valence-corrected chi connectivity index (χ0v) is 12.6. The van der Waals surface area contributed by atoms with Gasteiger partial charge in [-0.15, -0.1) is 0 Å². The Morgan fingerprint density at radius 1 is 1.19 bits per heavy atom. The fourth-order valence-corrected chi connectivity index (χ4v) is 1.61. The van der Waals surface area contributed by atoms with E-state index in [1.54, 1.807) is 13.1 Å². The Morgan fingerprint density at radius 2 is 1.90 bits per heavy atom. The van der Waals surface area contributed by atoms with E-state index in [9.17, 15) is 4.39 Å². The van der Waals surface area contributed by atoms with Crippen LogP contribution in [0.5, 0.6) is 6.01 Å². The van der Waals surface area contributed by atoms with Gasteiger partial charge in [-0.3, -0.25) is 0 Å². The summed E-state index contributed by atoms with van der Waals surface area (Å²) in [5, 5.41) is 5.74. The van der Waals surface area contributed by atoms with Crippen molar-refractivity contribution in [1.82, 2.24) is 15.0 Å². The largest absolute Gasteiger partial charge is 0.461 e. The highest BCUT2D eigenvalue weighted by Gasteiger charge is 2.09. The van der Waals surface area contributed by atoms with Gasteiger partial charge in [0.15, 0.2) is 0 Å². The van der Waals surface area contributed by atoms with Crippen LogP contribution in [-0.2, 0) is 0 Å². The van der Waals surface area contributed by atoms with Gasteiger partial charge in [-0.2, -0.15) is 15.0 Å². The Kier molecular flexibility index (Phi) is 4.74. The smallest absolute Gasteiger partial charge is 0.323 e. The molecular weight excluding hydrogens is 297 g/mol. The number of benzene rings is 1. The number of rotatable bonds is 5. The van der Waals surface area contributed by atoms with Crippen molar-refractivity contribution in [2.75, 3.05) is 17.7 Å². The van der Waals surface area contributed by atoms with Crippen molar-refractivity contribution in [3.63, 3.8) is 0 Å². The first-order valence-electron chi connectivity index (χ1n) is 6.30. The standard InChI is InChI=1S/C13H15ClFN5O/c1-7(2)21-13-19-11(16-3)18-12(20-13)17-8-4-5-9(14)10(15)6-8/h4-7H,1-3H3,(H2,16,17,18,19,20). The molecule has 0 amide bonds. The average molecular weight is 312 g/mol. The van der Waals surface area contributed by atoms with Crippen molar-refractivity contribution in [2.24, 2.45) is 0 Å². The molecular formula is C13H15ClFN5O. The lowest BCUT2D eigenvalue weighted by Crippen LogP contribution is -2.11. The van der Waals surface area contributed by atoms with Gasteiger partial charge in [0, 0.05) is 12.7 Å². The van der Waals surface area contributed by atoms with Crippen molar-refractivity contribution in [2.45, 2.75) is 20.0 Å². The van der Waals surface area contributed by atoms with Gasteiger partial charge >= 0.3 is 6.01 Å². The summed E-state index contributed by atoms with van der Waals surface area (Å²) < 4.78 is 18.9. The van der Waals surface area contributed by atoms with Gasteiger partial charge in [0.05, 0.1) is 11.1 Å². The van der Waals surface area contributed by atoms with Crippen LogP contribution in [0.3, 0.4) is 0 Å². The number of hydrogen-bond acceptors (Lipinski definition) is 6. The summed E-state index contributed by atoms with van der Waals surface area (Å²) in [6.45, 7) is 3.73. The molecule has 0 bridgehead atoms. The molecule has 2 aromatic rings. The van der Waals surface area contributed by atoms with E-state index < -0.39 is 5.82 Å². The zero-order valence-electron chi connectivity index (χ0n) is 11.8. The topological polar surface area (TPSA) is 72.0 Å². The number of anilines is 3. The first kappa shape index (κ1) is 15.2. The van der Waals surface area contributed by atoms with Crippen LogP contribution >= 0.6 is 11.6 Å². The highest BCUT2D eigenvalue weighted by Crippen LogP contribution is 2.22. The van der Waals surface area contributed by atoms with E-state index in [2.05, 4.69) is 25.6 Å².